The third-order valence-electron chi connectivity index (χ3n) is 6.57. The Kier molecular flexibility index (Phi) is 14.1. The summed E-state index contributed by atoms with van der Waals surface area (Å²) in [5.74, 6) is 0. The van der Waals surface area contributed by atoms with Crippen LogP contribution in [0, 0.1) is 0 Å². The van der Waals surface area contributed by atoms with Crippen molar-refractivity contribution in [2.45, 2.75) is 130 Å². The smallest absolute Gasteiger partial charge is 0.0928 e. The molecule has 0 fully saturated rings. The van der Waals surface area contributed by atoms with E-state index in [2.05, 4.69) is 41.8 Å². The summed E-state index contributed by atoms with van der Waals surface area (Å²) < 4.78 is 1.17. The van der Waals surface area contributed by atoms with E-state index < -0.39 is 0 Å². The van der Waals surface area contributed by atoms with Gasteiger partial charge in [0.1, 0.15) is 0 Å². The minimum atomic E-state index is 0.413. The zero-order valence-corrected chi connectivity index (χ0v) is 18.3. The molecule has 146 valence electrons. The topological polar surface area (TPSA) is 0 Å². The summed E-state index contributed by atoms with van der Waals surface area (Å²) in [5.41, 5.74) is 0.413. The Morgan fingerprint density at radius 3 is 1.21 bits per heavy atom. The van der Waals surface area contributed by atoms with Crippen molar-refractivity contribution in [3.63, 3.8) is 0 Å². The quantitative estimate of drug-likeness (QED) is 0.188. The Labute approximate surface area is 155 Å². The average Bonchev–Trinajstić information content (AvgIpc) is 2.55. The first-order chi connectivity index (χ1) is 11.4. The summed E-state index contributed by atoms with van der Waals surface area (Å²) in [6.45, 7) is 10.8. The van der Waals surface area contributed by atoms with E-state index in [9.17, 15) is 0 Å². The fourth-order valence-corrected chi connectivity index (χ4v) is 3.43. The molecule has 24 heavy (non-hydrogen) atoms. The van der Waals surface area contributed by atoms with Gasteiger partial charge in [-0.25, -0.2) is 0 Å². The first-order valence-corrected chi connectivity index (χ1v) is 11.2. The Morgan fingerprint density at radius 2 is 0.875 bits per heavy atom. The first kappa shape index (κ1) is 24.0. The number of quaternary nitrogens is 1. The van der Waals surface area contributed by atoms with Crippen LogP contribution in [0.15, 0.2) is 0 Å². The highest BCUT2D eigenvalue weighted by molar-refractivity contribution is 4.66. The highest BCUT2D eigenvalue weighted by Gasteiger charge is 2.33. The fourth-order valence-electron chi connectivity index (χ4n) is 3.43. The second-order valence-corrected chi connectivity index (χ2v) is 9.17. The first-order valence-electron chi connectivity index (χ1n) is 11.2. The predicted octanol–water partition coefficient (Wildman–Crippen LogP) is 7.73. The number of hydrogen-bond acceptors (Lipinski definition) is 0. The van der Waals surface area contributed by atoms with Gasteiger partial charge in [-0.15, -0.1) is 0 Å². The van der Waals surface area contributed by atoms with E-state index >= 15 is 0 Å². The van der Waals surface area contributed by atoms with Crippen molar-refractivity contribution in [1.29, 1.82) is 0 Å². The van der Waals surface area contributed by atoms with Crippen molar-refractivity contribution in [1.82, 2.24) is 0 Å². The van der Waals surface area contributed by atoms with Crippen molar-refractivity contribution < 1.29 is 4.48 Å². The molecule has 1 nitrogen and oxygen atoms in total. The highest BCUT2D eigenvalue weighted by Crippen LogP contribution is 2.24. The summed E-state index contributed by atoms with van der Waals surface area (Å²) >= 11 is 0. The van der Waals surface area contributed by atoms with Crippen LogP contribution < -0.4 is 0 Å². The summed E-state index contributed by atoms with van der Waals surface area (Å²) in [5, 5.41) is 0. The van der Waals surface area contributed by atoms with Crippen LogP contribution in [-0.2, 0) is 0 Å². The van der Waals surface area contributed by atoms with Crippen molar-refractivity contribution in [3.05, 3.63) is 0 Å². The van der Waals surface area contributed by atoms with E-state index in [1.165, 1.54) is 107 Å². The molecule has 0 rings (SSSR count). The lowest BCUT2D eigenvalue weighted by Crippen LogP contribution is -2.56. The minimum absolute atomic E-state index is 0.413. The van der Waals surface area contributed by atoms with Crippen LogP contribution in [-0.4, -0.2) is 30.7 Å². The van der Waals surface area contributed by atoms with E-state index in [1.807, 2.05) is 0 Å². The molecule has 0 aromatic rings. The number of nitrogens with zero attached hydrogens (tertiary/aromatic N) is 1. The van der Waals surface area contributed by atoms with Gasteiger partial charge >= 0.3 is 0 Å². The Balaban J connectivity index is 3.34. The average molecular weight is 341 g/mol. The van der Waals surface area contributed by atoms with Gasteiger partial charge in [0.2, 0.25) is 0 Å². The van der Waals surface area contributed by atoms with Gasteiger partial charge in [-0.05, 0) is 33.1 Å². The number of unbranched alkanes of at least 4 members (excludes halogenated alkanes) is 13. The molecule has 0 heterocycles. The molecule has 0 aromatic carbocycles. The van der Waals surface area contributed by atoms with Gasteiger partial charge in [0.15, 0.2) is 0 Å². The number of hydrogen-bond donors (Lipinski definition) is 0. The van der Waals surface area contributed by atoms with E-state index in [0.717, 1.165) is 0 Å². The minimum Gasteiger partial charge on any atom is -0.324 e. The maximum atomic E-state index is 2.41. The number of rotatable bonds is 17. The zero-order valence-electron chi connectivity index (χ0n) is 18.3. The fraction of sp³-hybridized carbons (Fsp3) is 1.00. The van der Waals surface area contributed by atoms with E-state index in [1.54, 1.807) is 0 Å². The van der Waals surface area contributed by atoms with E-state index in [4.69, 9.17) is 0 Å². The monoisotopic (exact) mass is 340 g/mol. The van der Waals surface area contributed by atoms with E-state index in [0.29, 0.717) is 5.54 Å². The molecule has 0 aliphatic heterocycles. The van der Waals surface area contributed by atoms with Gasteiger partial charge in [-0.2, -0.15) is 0 Å². The summed E-state index contributed by atoms with van der Waals surface area (Å²) in [4.78, 5) is 0. The predicted molar refractivity (Wildman–Crippen MR) is 112 cm³/mol. The molecule has 0 spiro atoms. The lowest BCUT2D eigenvalue weighted by atomic mass is 9.96. The van der Waals surface area contributed by atoms with Gasteiger partial charge < -0.3 is 4.48 Å². The molecule has 0 unspecified atom stereocenters. The van der Waals surface area contributed by atoms with Gasteiger partial charge in [-0.1, -0.05) is 90.9 Å². The Hall–Kier alpha value is -0.0400. The van der Waals surface area contributed by atoms with Crippen molar-refractivity contribution in [3.8, 4) is 0 Å². The van der Waals surface area contributed by atoms with Gasteiger partial charge in [0, 0.05) is 0 Å². The SMILES string of the molecule is CCCCCCCCCCCCCCCC[N+](C)(C)C(C)(C)CC. The van der Waals surface area contributed by atoms with Crippen LogP contribution in [0.1, 0.15) is 124 Å². The van der Waals surface area contributed by atoms with Crippen LogP contribution in [0.5, 0.6) is 0 Å². The lowest BCUT2D eigenvalue weighted by molar-refractivity contribution is -0.938. The standard InChI is InChI=1S/C23H50N/c1-7-9-10-11-12-13-14-15-16-17-18-19-20-21-22-24(5,6)23(3,4)8-2/h7-22H2,1-6H3/q+1. The molecule has 0 aromatic heterocycles. The summed E-state index contributed by atoms with van der Waals surface area (Å²) in [6, 6.07) is 0. The van der Waals surface area contributed by atoms with Crippen molar-refractivity contribution in [2.75, 3.05) is 20.6 Å². The van der Waals surface area contributed by atoms with Crippen molar-refractivity contribution in [2.24, 2.45) is 0 Å². The molecule has 0 atom stereocenters. The highest BCUT2D eigenvalue weighted by atomic mass is 15.4. The second kappa shape index (κ2) is 14.2. The summed E-state index contributed by atoms with van der Waals surface area (Å²) in [6.07, 6.45) is 21.6. The molecule has 0 bridgehead atoms. The molecule has 0 N–H and O–H groups in total. The normalized spacial score (nSPS) is 12.8. The molecular formula is C23H50N+. The maximum absolute atomic E-state index is 2.41. The zero-order chi connectivity index (χ0) is 18.3. The largest absolute Gasteiger partial charge is 0.324 e. The Morgan fingerprint density at radius 1 is 0.542 bits per heavy atom. The van der Waals surface area contributed by atoms with Crippen LogP contribution in [0.2, 0.25) is 0 Å². The summed E-state index contributed by atoms with van der Waals surface area (Å²) in [7, 11) is 4.82. The molecule has 0 aliphatic carbocycles. The Bertz CT molecular complexity index is 267. The van der Waals surface area contributed by atoms with Crippen LogP contribution >= 0.6 is 0 Å². The van der Waals surface area contributed by atoms with Crippen LogP contribution in [0.25, 0.3) is 0 Å². The molecule has 1 heteroatoms. The molecule has 0 amide bonds. The lowest BCUT2D eigenvalue weighted by Gasteiger charge is -2.44. The van der Waals surface area contributed by atoms with Crippen LogP contribution in [0.4, 0.5) is 0 Å². The third-order valence-corrected chi connectivity index (χ3v) is 6.57. The molecule has 0 saturated carbocycles. The maximum Gasteiger partial charge on any atom is 0.0928 e. The molecular weight excluding hydrogens is 290 g/mol. The molecule has 0 saturated heterocycles. The van der Waals surface area contributed by atoms with Gasteiger partial charge in [0.05, 0.1) is 26.2 Å². The third kappa shape index (κ3) is 11.5. The second-order valence-electron chi connectivity index (χ2n) is 9.17. The molecule has 0 aliphatic rings. The molecule has 0 radical (unpaired) electrons. The van der Waals surface area contributed by atoms with Crippen LogP contribution in [0.3, 0.4) is 0 Å². The van der Waals surface area contributed by atoms with Gasteiger partial charge in [-0.3, -0.25) is 0 Å². The van der Waals surface area contributed by atoms with Crippen molar-refractivity contribution >= 4 is 0 Å². The van der Waals surface area contributed by atoms with Gasteiger partial charge in [0.25, 0.3) is 0 Å². The van der Waals surface area contributed by atoms with E-state index in [-0.39, 0.29) is 0 Å².